The van der Waals surface area contributed by atoms with E-state index in [1.807, 2.05) is 19.2 Å². The van der Waals surface area contributed by atoms with Gasteiger partial charge >= 0.3 is 0 Å². The van der Waals surface area contributed by atoms with Gasteiger partial charge in [-0.15, -0.1) is 11.3 Å². The first-order valence-electron chi connectivity index (χ1n) is 6.22. The van der Waals surface area contributed by atoms with Crippen molar-refractivity contribution in [1.29, 1.82) is 0 Å². The second-order valence-corrected chi connectivity index (χ2v) is 5.86. The van der Waals surface area contributed by atoms with Crippen LogP contribution in [0, 0.1) is 5.82 Å². The Morgan fingerprint density at radius 1 is 1.47 bits per heavy atom. The fraction of sp³-hybridized carbons (Fsp3) is 0.357. The molecule has 2 nitrogen and oxygen atoms in total. The quantitative estimate of drug-likeness (QED) is 0.888. The van der Waals surface area contributed by atoms with Crippen LogP contribution < -0.4 is 5.32 Å². The van der Waals surface area contributed by atoms with Gasteiger partial charge in [-0.1, -0.05) is 30.7 Å². The van der Waals surface area contributed by atoms with Crippen molar-refractivity contribution in [2.45, 2.75) is 32.9 Å². The Labute approximate surface area is 121 Å². The largest absolute Gasteiger partial charge is 0.304 e. The SMILES string of the molecule is CCc1cnc(C(C)NCc2cccc(F)c2Cl)s1. The molecule has 0 bridgehead atoms. The van der Waals surface area contributed by atoms with Gasteiger partial charge in [0, 0.05) is 17.6 Å². The lowest BCUT2D eigenvalue weighted by Gasteiger charge is -2.12. The number of nitrogens with one attached hydrogen (secondary N) is 1. The number of hydrogen-bond acceptors (Lipinski definition) is 3. The molecule has 19 heavy (non-hydrogen) atoms. The zero-order valence-electron chi connectivity index (χ0n) is 10.9. The van der Waals surface area contributed by atoms with Gasteiger partial charge in [-0.3, -0.25) is 0 Å². The van der Waals surface area contributed by atoms with Crippen LogP contribution in [-0.2, 0) is 13.0 Å². The molecule has 0 saturated carbocycles. The Morgan fingerprint density at radius 2 is 2.26 bits per heavy atom. The Hall–Kier alpha value is -0.970. The second-order valence-electron chi connectivity index (χ2n) is 4.33. The Morgan fingerprint density at radius 3 is 2.95 bits per heavy atom. The summed E-state index contributed by atoms with van der Waals surface area (Å²) in [6.45, 7) is 4.69. The maximum absolute atomic E-state index is 13.3. The molecule has 0 spiro atoms. The molecule has 0 aliphatic heterocycles. The van der Waals surface area contributed by atoms with E-state index in [9.17, 15) is 4.39 Å². The molecule has 0 saturated heterocycles. The van der Waals surface area contributed by atoms with E-state index in [1.165, 1.54) is 10.9 Å². The number of aromatic nitrogens is 1. The summed E-state index contributed by atoms with van der Waals surface area (Å²) < 4.78 is 13.3. The van der Waals surface area contributed by atoms with Crippen molar-refractivity contribution < 1.29 is 4.39 Å². The van der Waals surface area contributed by atoms with Crippen LogP contribution in [0.5, 0.6) is 0 Å². The Bertz CT molecular complexity index is 556. The van der Waals surface area contributed by atoms with Crippen LogP contribution in [0.2, 0.25) is 5.02 Å². The number of hydrogen-bond donors (Lipinski definition) is 1. The highest BCUT2D eigenvalue weighted by atomic mass is 35.5. The molecule has 1 aromatic heterocycles. The number of thiazole rings is 1. The van der Waals surface area contributed by atoms with Crippen LogP contribution in [0.4, 0.5) is 4.39 Å². The minimum atomic E-state index is -0.379. The maximum Gasteiger partial charge on any atom is 0.142 e. The average molecular weight is 299 g/mol. The van der Waals surface area contributed by atoms with Crippen molar-refractivity contribution in [3.63, 3.8) is 0 Å². The first-order valence-corrected chi connectivity index (χ1v) is 7.42. The molecule has 2 rings (SSSR count). The van der Waals surface area contributed by atoms with Crippen molar-refractivity contribution >= 4 is 22.9 Å². The Balaban J connectivity index is 2.00. The average Bonchev–Trinajstić information content (AvgIpc) is 2.89. The van der Waals surface area contributed by atoms with E-state index >= 15 is 0 Å². The first-order chi connectivity index (χ1) is 9.11. The highest BCUT2D eigenvalue weighted by molar-refractivity contribution is 7.11. The zero-order valence-corrected chi connectivity index (χ0v) is 12.5. The van der Waals surface area contributed by atoms with Crippen molar-refractivity contribution in [2.24, 2.45) is 0 Å². The molecule has 102 valence electrons. The molecular formula is C14H16ClFN2S. The van der Waals surface area contributed by atoms with E-state index in [4.69, 9.17) is 11.6 Å². The van der Waals surface area contributed by atoms with Crippen LogP contribution in [-0.4, -0.2) is 4.98 Å². The summed E-state index contributed by atoms with van der Waals surface area (Å²) in [5.41, 5.74) is 0.765. The summed E-state index contributed by atoms with van der Waals surface area (Å²) in [5, 5.41) is 4.55. The van der Waals surface area contributed by atoms with Gasteiger partial charge in [0.25, 0.3) is 0 Å². The number of nitrogens with zero attached hydrogens (tertiary/aromatic N) is 1. The van der Waals surface area contributed by atoms with Gasteiger partial charge in [-0.05, 0) is 25.0 Å². The van der Waals surface area contributed by atoms with Gasteiger partial charge < -0.3 is 5.32 Å². The highest BCUT2D eigenvalue weighted by Gasteiger charge is 2.11. The van der Waals surface area contributed by atoms with E-state index in [0.29, 0.717) is 6.54 Å². The number of benzene rings is 1. The fourth-order valence-corrected chi connectivity index (χ4v) is 2.80. The summed E-state index contributed by atoms with van der Waals surface area (Å²) >= 11 is 7.62. The van der Waals surface area contributed by atoms with E-state index in [2.05, 4.69) is 17.2 Å². The van der Waals surface area contributed by atoms with Gasteiger partial charge in [0.2, 0.25) is 0 Å². The van der Waals surface area contributed by atoms with E-state index < -0.39 is 0 Å². The molecule has 0 amide bonds. The van der Waals surface area contributed by atoms with Crippen molar-refractivity contribution in [3.8, 4) is 0 Å². The fourth-order valence-electron chi connectivity index (χ4n) is 1.72. The molecule has 0 aliphatic carbocycles. The van der Waals surface area contributed by atoms with Crippen molar-refractivity contribution in [3.05, 3.63) is 50.7 Å². The standard InChI is InChI=1S/C14H16ClFN2S/c1-3-11-8-18-14(19-11)9(2)17-7-10-5-4-6-12(16)13(10)15/h4-6,8-9,17H,3,7H2,1-2H3. The summed E-state index contributed by atoms with van der Waals surface area (Å²) in [6, 6.07) is 4.99. The highest BCUT2D eigenvalue weighted by Crippen LogP contribution is 2.23. The zero-order chi connectivity index (χ0) is 13.8. The minimum absolute atomic E-state index is 0.129. The number of aryl methyl sites for hydroxylation is 1. The van der Waals surface area contributed by atoms with Crippen LogP contribution in [0.15, 0.2) is 24.4 Å². The third kappa shape index (κ3) is 3.53. The Kier molecular flexibility index (Phi) is 4.91. The number of halogens is 2. The summed E-state index contributed by atoms with van der Waals surface area (Å²) in [5.74, 6) is -0.379. The molecule has 1 unspecified atom stereocenters. The lowest BCUT2D eigenvalue weighted by molar-refractivity contribution is 0.567. The summed E-state index contributed by atoms with van der Waals surface area (Å²) in [6.07, 6.45) is 2.91. The molecular weight excluding hydrogens is 283 g/mol. The van der Waals surface area contributed by atoms with Gasteiger partial charge in [0.15, 0.2) is 0 Å². The van der Waals surface area contributed by atoms with Crippen LogP contribution in [0.25, 0.3) is 0 Å². The third-order valence-electron chi connectivity index (χ3n) is 2.92. The molecule has 0 radical (unpaired) electrons. The maximum atomic E-state index is 13.3. The van der Waals surface area contributed by atoms with Crippen molar-refractivity contribution in [1.82, 2.24) is 10.3 Å². The van der Waals surface area contributed by atoms with Crippen LogP contribution in [0.3, 0.4) is 0 Å². The van der Waals surface area contributed by atoms with E-state index in [-0.39, 0.29) is 16.9 Å². The predicted molar refractivity (Wildman–Crippen MR) is 78.2 cm³/mol. The van der Waals surface area contributed by atoms with Crippen LogP contribution in [0.1, 0.15) is 35.3 Å². The van der Waals surface area contributed by atoms with Gasteiger partial charge in [0.05, 0.1) is 11.1 Å². The predicted octanol–water partition coefficient (Wildman–Crippen LogP) is 4.35. The van der Waals surface area contributed by atoms with Crippen LogP contribution >= 0.6 is 22.9 Å². The van der Waals surface area contributed by atoms with Crippen molar-refractivity contribution in [2.75, 3.05) is 0 Å². The monoisotopic (exact) mass is 298 g/mol. The summed E-state index contributed by atoms with van der Waals surface area (Å²) in [4.78, 5) is 5.66. The van der Waals surface area contributed by atoms with E-state index in [0.717, 1.165) is 17.0 Å². The third-order valence-corrected chi connectivity index (χ3v) is 4.67. The minimum Gasteiger partial charge on any atom is -0.304 e. The summed E-state index contributed by atoms with van der Waals surface area (Å²) in [7, 11) is 0. The van der Waals surface area contributed by atoms with Gasteiger partial charge in [-0.25, -0.2) is 9.37 Å². The van der Waals surface area contributed by atoms with E-state index in [1.54, 1.807) is 17.4 Å². The molecule has 0 fully saturated rings. The lowest BCUT2D eigenvalue weighted by atomic mass is 10.2. The first kappa shape index (κ1) is 14.4. The molecule has 1 atom stereocenters. The molecule has 1 heterocycles. The molecule has 2 aromatic rings. The normalized spacial score (nSPS) is 12.6. The molecule has 0 aliphatic rings. The topological polar surface area (TPSA) is 24.9 Å². The lowest BCUT2D eigenvalue weighted by Crippen LogP contribution is -2.18. The molecule has 1 N–H and O–H groups in total. The smallest absolute Gasteiger partial charge is 0.142 e. The second kappa shape index (κ2) is 6.46. The molecule has 5 heteroatoms. The number of rotatable bonds is 5. The van der Waals surface area contributed by atoms with Gasteiger partial charge in [-0.2, -0.15) is 0 Å². The molecule has 1 aromatic carbocycles. The van der Waals surface area contributed by atoms with Gasteiger partial charge in [0.1, 0.15) is 10.8 Å².